The number of hydrogen-bond acceptors (Lipinski definition) is 9. The lowest BCUT2D eigenvalue weighted by Crippen LogP contribution is -2.52. The maximum absolute atomic E-state index is 13.1. The third kappa shape index (κ3) is 7.83. The molecule has 4 N–H and O–H groups in total. The van der Waals surface area contributed by atoms with Crippen molar-refractivity contribution in [3.05, 3.63) is 113 Å². The number of imide groups is 1. The molecular formula is C45H42N8O5. The Morgan fingerprint density at radius 1 is 1.00 bits per heavy atom. The zero-order chi connectivity index (χ0) is 40.9. The van der Waals surface area contributed by atoms with Gasteiger partial charge in [-0.15, -0.1) is 0 Å². The van der Waals surface area contributed by atoms with Crippen molar-refractivity contribution in [1.82, 2.24) is 40.8 Å². The zero-order valence-electron chi connectivity index (χ0n) is 32.6. The SMILES string of the molecule is CC(C)c1cc(-c2cccc3cc(-c4ccc(C(=O)NCCC#Cc5cccc6c5CN(C5CCC(=O)NC5=O)C6=O)nc4)ncc23)nc2c(C=O)c[nH]c12.CNC. The number of rotatable bonds is 8. The van der Waals surface area contributed by atoms with Gasteiger partial charge in [0.05, 0.1) is 28.0 Å². The largest absolute Gasteiger partial charge is 0.359 e. The van der Waals surface area contributed by atoms with Crippen LogP contribution in [0.25, 0.3) is 44.3 Å². The predicted molar refractivity (Wildman–Crippen MR) is 221 cm³/mol. The van der Waals surface area contributed by atoms with E-state index in [1.807, 2.05) is 56.7 Å². The second-order valence-electron chi connectivity index (χ2n) is 14.4. The number of piperidine rings is 1. The molecule has 58 heavy (non-hydrogen) atoms. The normalized spacial score (nSPS) is 14.7. The lowest BCUT2D eigenvalue weighted by Gasteiger charge is -2.29. The molecule has 4 amide bonds. The van der Waals surface area contributed by atoms with Crippen molar-refractivity contribution < 1.29 is 24.0 Å². The summed E-state index contributed by atoms with van der Waals surface area (Å²) in [5, 5.41) is 9.80. The van der Waals surface area contributed by atoms with Crippen molar-refractivity contribution in [2.24, 2.45) is 0 Å². The van der Waals surface area contributed by atoms with Crippen LogP contribution in [0.1, 0.15) is 86.9 Å². The quantitative estimate of drug-likeness (QED) is 0.0669. The zero-order valence-corrected chi connectivity index (χ0v) is 32.6. The summed E-state index contributed by atoms with van der Waals surface area (Å²) in [6, 6.07) is 18.1. The van der Waals surface area contributed by atoms with E-state index in [1.165, 1.54) is 4.90 Å². The van der Waals surface area contributed by atoms with Crippen molar-refractivity contribution in [2.75, 3.05) is 20.6 Å². The highest BCUT2D eigenvalue weighted by atomic mass is 16.2. The fourth-order valence-electron chi connectivity index (χ4n) is 7.25. The number of amides is 4. The van der Waals surface area contributed by atoms with Gasteiger partial charge in [-0.2, -0.15) is 0 Å². The van der Waals surface area contributed by atoms with Crippen LogP contribution in [0.5, 0.6) is 0 Å². The molecule has 0 saturated carbocycles. The van der Waals surface area contributed by atoms with E-state index < -0.39 is 11.9 Å². The van der Waals surface area contributed by atoms with E-state index in [9.17, 15) is 24.0 Å². The molecule has 6 aromatic rings. The summed E-state index contributed by atoms with van der Waals surface area (Å²) < 4.78 is 0. The van der Waals surface area contributed by atoms with E-state index in [1.54, 1.807) is 30.6 Å². The van der Waals surface area contributed by atoms with Crippen LogP contribution < -0.4 is 16.0 Å². The van der Waals surface area contributed by atoms with Crippen molar-refractivity contribution >= 4 is 51.7 Å². The number of hydrogen-bond donors (Lipinski definition) is 4. The van der Waals surface area contributed by atoms with Crippen LogP contribution in [0.15, 0.2) is 79.3 Å². The van der Waals surface area contributed by atoms with Crippen LogP contribution in [-0.4, -0.2) is 81.4 Å². The Labute approximate surface area is 335 Å². The first-order valence-electron chi connectivity index (χ1n) is 19.1. The third-order valence-corrected chi connectivity index (χ3v) is 10.1. The topological polar surface area (TPSA) is 179 Å². The first-order valence-corrected chi connectivity index (χ1v) is 19.1. The number of carbonyl (C=O) groups excluding carboxylic acids is 5. The number of nitrogens with zero attached hydrogens (tertiary/aromatic N) is 4. The molecule has 13 nitrogen and oxygen atoms in total. The average molecular weight is 775 g/mol. The van der Waals surface area contributed by atoms with Gasteiger partial charge in [-0.25, -0.2) is 4.98 Å². The molecule has 2 aliphatic heterocycles. The molecule has 1 fully saturated rings. The van der Waals surface area contributed by atoms with Gasteiger partial charge in [-0.1, -0.05) is 50.0 Å². The molecule has 1 unspecified atom stereocenters. The molecule has 6 heterocycles. The molecule has 2 aromatic carbocycles. The van der Waals surface area contributed by atoms with Crippen LogP contribution in [0.4, 0.5) is 0 Å². The molecule has 8 rings (SSSR count). The fourth-order valence-corrected chi connectivity index (χ4v) is 7.25. The number of pyridine rings is 3. The molecule has 292 valence electrons. The molecule has 2 aliphatic rings. The minimum absolute atomic E-state index is 0.190. The van der Waals surface area contributed by atoms with Gasteiger partial charge in [0.25, 0.3) is 11.8 Å². The molecule has 1 atom stereocenters. The minimum Gasteiger partial charge on any atom is -0.359 e. The average Bonchev–Trinajstić information content (AvgIpc) is 3.80. The smallest absolute Gasteiger partial charge is 0.269 e. The van der Waals surface area contributed by atoms with Crippen molar-refractivity contribution in [3.63, 3.8) is 0 Å². The first-order chi connectivity index (χ1) is 28.1. The molecular weight excluding hydrogens is 733 g/mol. The van der Waals surface area contributed by atoms with E-state index in [4.69, 9.17) is 9.97 Å². The molecule has 13 heteroatoms. The number of carbonyl (C=O) groups is 5. The van der Waals surface area contributed by atoms with Gasteiger partial charge in [-0.05, 0) is 79.3 Å². The van der Waals surface area contributed by atoms with Crippen molar-refractivity contribution in [2.45, 2.75) is 51.6 Å². The van der Waals surface area contributed by atoms with Crippen LogP contribution >= 0.6 is 0 Å². The lowest BCUT2D eigenvalue weighted by atomic mass is 9.97. The second-order valence-corrected chi connectivity index (χ2v) is 14.4. The summed E-state index contributed by atoms with van der Waals surface area (Å²) in [5.74, 6) is 5.03. The molecule has 1 saturated heterocycles. The summed E-state index contributed by atoms with van der Waals surface area (Å²) in [6.45, 7) is 4.76. The number of H-pyrrole nitrogens is 1. The van der Waals surface area contributed by atoms with Gasteiger partial charge in [0.15, 0.2) is 6.29 Å². The Morgan fingerprint density at radius 3 is 2.53 bits per heavy atom. The molecule has 0 radical (unpaired) electrons. The van der Waals surface area contributed by atoms with E-state index in [2.05, 4.69) is 57.7 Å². The molecule has 4 aromatic heterocycles. The highest BCUT2D eigenvalue weighted by Gasteiger charge is 2.39. The number of nitrogens with one attached hydrogen (secondary N) is 4. The van der Waals surface area contributed by atoms with Gasteiger partial charge in [0.1, 0.15) is 11.7 Å². The van der Waals surface area contributed by atoms with Crippen molar-refractivity contribution in [1.29, 1.82) is 0 Å². The lowest BCUT2D eigenvalue weighted by molar-refractivity contribution is -0.136. The van der Waals surface area contributed by atoms with E-state index in [0.717, 1.165) is 50.5 Å². The van der Waals surface area contributed by atoms with Crippen LogP contribution in [0, 0.1) is 11.8 Å². The summed E-state index contributed by atoms with van der Waals surface area (Å²) in [7, 11) is 3.75. The van der Waals surface area contributed by atoms with Crippen LogP contribution in [0.2, 0.25) is 0 Å². The van der Waals surface area contributed by atoms with Gasteiger partial charge in [0.2, 0.25) is 11.8 Å². The number of benzene rings is 2. The van der Waals surface area contributed by atoms with Gasteiger partial charge < -0.3 is 20.5 Å². The van der Waals surface area contributed by atoms with Gasteiger partial charge >= 0.3 is 0 Å². The van der Waals surface area contributed by atoms with Crippen LogP contribution in [-0.2, 0) is 16.1 Å². The number of fused-ring (bicyclic) bond motifs is 3. The Morgan fingerprint density at radius 2 is 1.79 bits per heavy atom. The maximum Gasteiger partial charge on any atom is 0.269 e. The highest BCUT2D eigenvalue weighted by molar-refractivity contribution is 6.06. The fraction of sp³-hybridized carbons (Fsp3) is 0.244. The number of aromatic nitrogens is 4. The minimum atomic E-state index is -0.693. The Bertz CT molecular complexity index is 2660. The van der Waals surface area contributed by atoms with E-state index in [0.29, 0.717) is 47.3 Å². The number of aldehydes is 1. The number of aromatic amines is 1. The predicted octanol–water partition coefficient (Wildman–Crippen LogP) is 5.54. The Hall–Kier alpha value is -7.04. The van der Waals surface area contributed by atoms with Gasteiger partial charge in [0, 0.05) is 72.2 Å². The summed E-state index contributed by atoms with van der Waals surface area (Å²) in [5.41, 5.74) is 8.44. The third-order valence-electron chi connectivity index (χ3n) is 10.1. The summed E-state index contributed by atoms with van der Waals surface area (Å²) in [6.07, 6.45) is 6.80. The molecule has 0 bridgehead atoms. The van der Waals surface area contributed by atoms with E-state index in [-0.39, 0.29) is 42.3 Å². The maximum atomic E-state index is 13.1. The molecule has 0 spiro atoms. The van der Waals surface area contributed by atoms with Gasteiger partial charge in [-0.3, -0.25) is 39.3 Å². The second kappa shape index (κ2) is 17.0. The van der Waals surface area contributed by atoms with Crippen molar-refractivity contribution in [3.8, 4) is 34.4 Å². The van der Waals surface area contributed by atoms with E-state index >= 15 is 0 Å². The Kier molecular flexibility index (Phi) is 11.5. The van der Waals surface area contributed by atoms with Crippen LogP contribution in [0.3, 0.4) is 0 Å². The highest BCUT2D eigenvalue weighted by Crippen LogP contribution is 2.35. The molecule has 0 aliphatic carbocycles. The summed E-state index contributed by atoms with van der Waals surface area (Å²) in [4.78, 5) is 80.5. The first kappa shape index (κ1) is 39.2. The Balaban J connectivity index is 0.00000166. The summed E-state index contributed by atoms with van der Waals surface area (Å²) >= 11 is 0. The monoisotopic (exact) mass is 774 g/mol. The standard InChI is InChI=1S/C43H35N7O5.C2H7N/c1-24(2)31-18-36(48-39-28(23-51)20-47-40(31)39)29-10-6-9-26-17-35(46-21-32(26)29)27-12-13-34(45-19-27)41(53)44-16-4-3-7-25-8-5-11-30-33(25)22-50(43(30)55)37-14-15-38(52)49-42(37)54;1-3-2/h5-6,8-13,17-21,23-24,37,47H,4,14-16,22H2,1-2H3,(H,44,53)(H,49,52,54);3H,1-2H3.